The molecule has 0 bridgehead atoms. The Bertz CT molecular complexity index is 561. The van der Waals surface area contributed by atoms with Gasteiger partial charge in [-0.2, -0.15) is 0 Å². The summed E-state index contributed by atoms with van der Waals surface area (Å²) in [6.07, 6.45) is 0. The van der Waals surface area contributed by atoms with Crippen LogP contribution in [0.2, 0.25) is 0 Å². The lowest BCUT2D eigenvalue weighted by Crippen LogP contribution is -2.27. The van der Waals surface area contributed by atoms with Crippen molar-refractivity contribution in [2.45, 2.75) is 6.92 Å². The lowest BCUT2D eigenvalue weighted by atomic mass is 10.2. The van der Waals surface area contributed by atoms with Crippen LogP contribution < -0.4 is 10.2 Å². The topological polar surface area (TPSA) is 28.2 Å². The Hall–Kier alpha value is -1.20. The van der Waals surface area contributed by atoms with Gasteiger partial charge in [0.15, 0.2) is 10.2 Å². The summed E-state index contributed by atoms with van der Waals surface area (Å²) in [4.78, 5) is 6.67. The molecule has 1 aromatic heterocycles. The number of rotatable bonds is 1. The van der Waals surface area contributed by atoms with E-state index in [0.717, 1.165) is 28.9 Å². The molecule has 1 aliphatic rings. The highest BCUT2D eigenvalue weighted by atomic mass is 32.1. The van der Waals surface area contributed by atoms with Crippen LogP contribution in [-0.4, -0.2) is 23.2 Å². The molecule has 3 nitrogen and oxygen atoms in total. The first-order chi connectivity index (χ1) is 7.74. The van der Waals surface area contributed by atoms with E-state index in [2.05, 4.69) is 40.3 Å². The van der Waals surface area contributed by atoms with Crippen molar-refractivity contribution in [3.05, 3.63) is 23.8 Å². The summed E-state index contributed by atoms with van der Waals surface area (Å²) in [6.45, 7) is 3.92. The van der Waals surface area contributed by atoms with E-state index < -0.39 is 0 Å². The molecule has 0 aliphatic carbocycles. The van der Waals surface area contributed by atoms with Gasteiger partial charge in [0, 0.05) is 13.1 Å². The number of aryl methyl sites for hydroxylation is 1. The molecule has 1 fully saturated rings. The number of benzene rings is 1. The summed E-state index contributed by atoms with van der Waals surface area (Å²) in [7, 11) is 0. The van der Waals surface area contributed by atoms with Crippen molar-refractivity contribution in [2.24, 2.45) is 0 Å². The Morgan fingerprint density at radius 3 is 3.12 bits per heavy atom. The highest BCUT2D eigenvalue weighted by Gasteiger charge is 2.20. The SMILES string of the molecule is Cc1ccc2nc(N3CCNC3=S)sc2c1. The van der Waals surface area contributed by atoms with Gasteiger partial charge in [-0.15, -0.1) is 0 Å². The third kappa shape index (κ3) is 1.56. The standard InChI is InChI=1S/C11H11N3S2/c1-7-2-3-8-9(6-7)16-11(13-8)14-5-4-12-10(14)15/h2-3,6H,4-5H2,1H3,(H,12,15). The molecule has 2 aromatic rings. The molecule has 5 heteroatoms. The summed E-state index contributed by atoms with van der Waals surface area (Å²) < 4.78 is 1.23. The molecule has 0 radical (unpaired) electrons. The van der Waals surface area contributed by atoms with Crippen LogP contribution in [0, 0.1) is 6.92 Å². The number of nitrogens with one attached hydrogen (secondary N) is 1. The van der Waals surface area contributed by atoms with Gasteiger partial charge in [-0.3, -0.25) is 4.90 Å². The van der Waals surface area contributed by atoms with E-state index in [4.69, 9.17) is 12.2 Å². The van der Waals surface area contributed by atoms with E-state index >= 15 is 0 Å². The van der Waals surface area contributed by atoms with Crippen molar-refractivity contribution in [1.82, 2.24) is 10.3 Å². The van der Waals surface area contributed by atoms with Crippen LogP contribution in [0.15, 0.2) is 18.2 Å². The first-order valence-electron chi connectivity index (χ1n) is 5.16. The predicted octanol–water partition coefficient (Wildman–Crippen LogP) is 2.30. The van der Waals surface area contributed by atoms with Crippen LogP contribution in [0.4, 0.5) is 5.13 Å². The number of anilines is 1. The average Bonchev–Trinajstić information content (AvgIpc) is 2.82. The molecule has 0 unspecified atom stereocenters. The maximum atomic E-state index is 5.23. The smallest absolute Gasteiger partial charge is 0.192 e. The maximum Gasteiger partial charge on any atom is 0.192 e. The van der Waals surface area contributed by atoms with E-state index in [9.17, 15) is 0 Å². The number of fused-ring (bicyclic) bond motifs is 1. The van der Waals surface area contributed by atoms with Crippen LogP contribution in [-0.2, 0) is 0 Å². The van der Waals surface area contributed by atoms with Gasteiger partial charge in [0.2, 0.25) is 0 Å². The van der Waals surface area contributed by atoms with E-state index in [0.29, 0.717) is 0 Å². The van der Waals surface area contributed by atoms with Crippen molar-refractivity contribution in [3.8, 4) is 0 Å². The lowest BCUT2D eigenvalue weighted by molar-refractivity contribution is 0.973. The zero-order valence-corrected chi connectivity index (χ0v) is 10.5. The summed E-state index contributed by atoms with van der Waals surface area (Å²) in [5.74, 6) is 0. The normalized spacial score (nSPS) is 15.8. The summed E-state index contributed by atoms with van der Waals surface area (Å²) in [5.41, 5.74) is 2.32. The zero-order chi connectivity index (χ0) is 11.1. The van der Waals surface area contributed by atoms with Crippen molar-refractivity contribution in [3.63, 3.8) is 0 Å². The fraction of sp³-hybridized carbons (Fsp3) is 0.273. The van der Waals surface area contributed by atoms with Gasteiger partial charge in [-0.1, -0.05) is 17.4 Å². The number of nitrogens with zero attached hydrogens (tertiary/aromatic N) is 2. The Morgan fingerprint density at radius 1 is 1.50 bits per heavy atom. The number of hydrogen-bond acceptors (Lipinski definition) is 3. The Morgan fingerprint density at radius 2 is 2.38 bits per heavy atom. The second-order valence-electron chi connectivity index (χ2n) is 3.85. The highest BCUT2D eigenvalue weighted by molar-refractivity contribution is 7.80. The second-order valence-corrected chi connectivity index (χ2v) is 5.25. The quantitative estimate of drug-likeness (QED) is 0.785. The van der Waals surface area contributed by atoms with Crippen molar-refractivity contribution in [2.75, 3.05) is 18.0 Å². The maximum absolute atomic E-state index is 5.23. The molecule has 0 spiro atoms. The van der Waals surface area contributed by atoms with Gasteiger partial charge in [0.1, 0.15) is 0 Å². The fourth-order valence-corrected chi connectivity index (χ4v) is 3.22. The van der Waals surface area contributed by atoms with Gasteiger partial charge in [0.05, 0.1) is 10.2 Å². The van der Waals surface area contributed by atoms with E-state index in [1.54, 1.807) is 11.3 Å². The van der Waals surface area contributed by atoms with Crippen molar-refractivity contribution in [1.29, 1.82) is 0 Å². The van der Waals surface area contributed by atoms with Crippen molar-refractivity contribution >= 4 is 44.0 Å². The van der Waals surface area contributed by atoms with Crippen LogP contribution in [0.3, 0.4) is 0 Å². The van der Waals surface area contributed by atoms with Crippen LogP contribution in [0.5, 0.6) is 0 Å². The minimum absolute atomic E-state index is 0.788. The molecule has 16 heavy (non-hydrogen) atoms. The zero-order valence-electron chi connectivity index (χ0n) is 8.86. The molecule has 1 N–H and O–H groups in total. The third-order valence-electron chi connectivity index (χ3n) is 2.62. The lowest BCUT2D eigenvalue weighted by Gasteiger charge is -2.11. The fourth-order valence-electron chi connectivity index (χ4n) is 1.79. The van der Waals surface area contributed by atoms with E-state index in [1.165, 1.54) is 10.3 Å². The molecule has 0 saturated carbocycles. The number of aromatic nitrogens is 1. The highest BCUT2D eigenvalue weighted by Crippen LogP contribution is 2.30. The summed E-state index contributed by atoms with van der Waals surface area (Å²) in [6, 6.07) is 6.33. The Labute approximate surface area is 103 Å². The first kappa shape index (κ1) is 9.99. The minimum Gasteiger partial charge on any atom is -0.360 e. The average molecular weight is 249 g/mol. The molecule has 2 heterocycles. The Kier molecular flexibility index (Phi) is 2.29. The molecular formula is C11H11N3S2. The van der Waals surface area contributed by atoms with Gasteiger partial charge in [-0.25, -0.2) is 4.98 Å². The molecule has 3 rings (SSSR count). The monoisotopic (exact) mass is 249 g/mol. The van der Waals surface area contributed by atoms with Crippen LogP contribution in [0.1, 0.15) is 5.56 Å². The molecule has 82 valence electrons. The minimum atomic E-state index is 0.788. The third-order valence-corrected chi connectivity index (χ3v) is 4.03. The molecule has 1 saturated heterocycles. The second kappa shape index (κ2) is 3.68. The first-order valence-corrected chi connectivity index (χ1v) is 6.39. The Balaban J connectivity index is 2.08. The molecular weight excluding hydrogens is 238 g/mol. The number of thiocarbonyl (C=S) groups is 1. The molecule has 1 aromatic carbocycles. The number of hydrogen-bond donors (Lipinski definition) is 1. The van der Waals surface area contributed by atoms with E-state index in [-0.39, 0.29) is 0 Å². The number of thiazole rings is 1. The van der Waals surface area contributed by atoms with Gasteiger partial charge >= 0.3 is 0 Å². The van der Waals surface area contributed by atoms with Gasteiger partial charge in [0.25, 0.3) is 0 Å². The van der Waals surface area contributed by atoms with E-state index in [1.807, 2.05) is 0 Å². The van der Waals surface area contributed by atoms with Crippen LogP contribution >= 0.6 is 23.6 Å². The predicted molar refractivity (Wildman–Crippen MR) is 72.3 cm³/mol. The van der Waals surface area contributed by atoms with Gasteiger partial charge < -0.3 is 5.32 Å². The van der Waals surface area contributed by atoms with Gasteiger partial charge in [-0.05, 0) is 36.8 Å². The van der Waals surface area contributed by atoms with Crippen LogP contribution in [0.25, 0.3) is 10.2 Å². The summed E-state index contributed by atoms with van der Waals surface area (Å²) >= 11 is 6.93. The molecule has 0 amide bonds. The molecule has 1 aliphatic heterocycles. The largest absolute Gasteiger partial charge is 0.360 e. The summed E-state index contributed by atoms with van der Waals surface area (Å²) in [5, 5.41) is 4.93. The molecule has 0 atom stereocenters. The van der Waals surface area contributed by atoms with Crippen molar-refractivity contribution < 1.29 is 0 Å².